The Hall–Kier alpha value is -1.35. The zero-order valence-corrected chi connectivity index (χ0v) is 12.9. The van der Waals surface area contributed by atoms with Gasteiger partial charge >= 0.3 is 0 Å². The fourth-order valence-corrected chi connectivity index (χ4v) is 2.13. The van der Waals surface area contributed by atoms with Gasteiger partial charge in [0.25, 0.3) is 0 Å². The smallest absolute Gasteiger partial charge is 0.220 e. The molecule has 0 heterocycles. The molecule has 0 spiro atoms. The van der Waals surface area contributed by atoms with Gasteiger partial charge in [-0.1, -0.05) is 51.1 Å². The van der Waals surface area contributed by atoms with E-state index in [-0.39, 0.29) is 17.4 Å². The molecule has 0 aliphatic carbocycles. The molecule has 0 bridgehead atoms. The summed E-state index contributed by atoms with van der Waals surface area (Å²) in [7, 11) is 0. The van der Waals surface area contributed by atoms with E-state index in [0.29, 0.717) is 19.4 Å². The minimum absolute atomic E-state index is 0.00152. The molecule has 3 heteroatoms. The molecule has 0 saturated heterocycles. The monoisotopic (exact) mass is 277 g/mol. The molecule has 1 aromatic rings. The number of carbonyl (C=O) groups is 1. The van der Waals surface area contributed by atoms with Crippen molar-refractivity contribution < 1.29 is 9.90 Å². The van der Waals surface area contributed by atoms with Gasteiger partial charge in [-0.3, -0.25) is 4.79 Å². The fraction of sp³-hybridized carbons (Fsp3) is 0.588. The Labute approximate surface area is 122 Å². The van der Waals surface area contributed by atoms with Gasteiger partial charge in [-0.25, -0.2) is 0 Å². The highest BCUT2D eigenvalue weighted by atomic mass is 16.3. The maximum absolute atomic E-state index is 11.8. The fourth-order valence-electron chi connectivity index (χ4n) is 2.13. The molecule has 0 saturated carbocycles. The lowest BCUT2D eigenvalue weighted by atomic mass is 9.80. The molecule has 20 heavy (non-hydrogen) atoms. The van der Waals surface area contributed by atoms with E-state index in [1.54, 1.807) is 0 Å². The highest BCUT2D eigenvalue weighted by molar-refractivity contribution is 5.75. The molecular formula is C17H27NO2. The number of rotatable bonds is 8. The zero-order chi connectivity index (χ0) is 15.0. The predicted octanol–water partition coefficient (Wildman–Crippen LogP) is 3.02. The van der Waals surface area contributed by atoms with E-state index in [9.17, 15) is 9.90 Å². The van der Waals surface area contributed by atoms with Crippen LogP contribution in [-0.4, -0.2) is 23.7 Å². The van der Waals surface area contributed by atoms with Gasteiger partial charge in [-0.2, -0.15) is 0 Å². The molecule has 1 unspecified atom stereocenters. The topological polar surface area (TPSA) is 49.3 Å². The predicted molar refractivity (Wildman–Crippen MR) is 82.6 cm³/mol. The number of benzene rings is 1. The lowest BCUT2D eigenvalue weighted by molar-refractivity contribution is -0.121. The van der Waals surface area contributed by atoms with Crippen molar-refractivity contribution in [2.24, 2.45) is 0 Å². The van der Waals surface area contributed by atoms with Crippen LogP contribution in [0.25, 0.3) is 0 Å². The van der Waals surface area contributed by atoms with Crippen LogP contribution in [0.1, 0.15) is 52.0 Å². The Morgan fingerprint density at radius 1 is 1.30 bits per heavy atom. The maximum Gasteiger partial charge on any atom is 0.220 e. The van der Waals surface area contributed by atoms with E-state index in [1.165, 1.54) is 5.56 Å². The van der Waals surface area contributed by atoms with E-state index in [4.69, 9.17) is 0 Å². The minimum Gasteiger partial charge on any atom is -0.393 e. The molecule has 3 nitrogen and oxygen atoms in total. The van der Waals surface area contributed by atoms with Crippen LogP contribution in [0.15, 0.2) is 30.3 Å². The Kier molecular flexibility index (Phi) is 6.73. The lowest BCUT2D eigenvalue weighted by Gasteiger charge is -2.25. The van der Waals surface area contributed by atoms with Crippen LogP contribution in [0.3, 0.4) is 0 Å². The number of nitrogens with one attached hydrogen (secondary N) is 1. The van der Waals surface area contributed by atoms with Crippen LogP contribution >= 0.6 is 0 Å². The van der Waals surface area contributed by atoms with E-state index >= 15 is 0 Å². The Bertz CT molecular complexity index is 401. The molecule has 0 fully saturated rings. The standard InChI is InChI=1S/C17H27NO2/c1-4-15(19)11-13-18-16(20)10-12-17(2,3)14-8-6-5-7-9-14/h5-9,15,19H,4,10-13H2,1-3H3,(H,18,20). The van der Waals surface area contributed by atoms with Crippen molar-refractivity contribution >= 4 is 5.91 Å². The molecule has 1 aromatic carbocycles. The highest BCUT2D eigenvalue weighted by Gasteiger charge is 2.21. The molecule has 0 aliphatic rings. The van der Waals surface area contributed by atoms with Gasteiger partial charge in [0, 0.05) is 13.0 Å². The number of hydrogen-bond donors (Lipinski definition) is 2. The van der Waals surface area contributed by atoms with Gasteiger partial charge in [0.15, 0.2) is 0 Å². The van der Waals surface area contributed by atoms with E-state index in [2.05, 4.69) is 31.3 Å². The number of hydrogen-bond acceptors (Lipinski definition) is 2. The molecular weight excluding hydrogens is 250 g/mol. The van der Waals surface area contributed by atoms with E-state index in [0.717, 1.165) is 12.8 Å². The van der Waals surface area contributed by atoms with Crippen LogP contribution in [0.4, 0.5) is 0 Å². The Morgan fingerprint density at radius 2 is 1.95 bits per heavy atom. The third-order valence-corrected chi connectivity index (χ3v) is 3.80. The summed E-state index contributed by atoms with van der Waals surface area (Å²) in [6, 6.07) is 10.3. The molecule has 1 atom stereocenters. The van der Waals surface area contributed by atoms with Crippen LogP contribution in [0.5, 0.6) is 0 Å². The normalized spacial score (nSPS) is 13.0. The number of carbonyl (C=O) groups excluding carboxylic acids is 1. The van der Waals surface area contributed by atoms with Crippen LogP contribution in [-0.2, 0) is 10.2 Å². The maximum atomic E-state index is 11.8. The zero-order valence-electron chi connectivity index (χ0n) is 12.9. The van der Waals surface area contributed by atoms with Crippen molar-refractivity contribution in [1.82, 2.24) is 5.32 Å². The molecule has 1 rings (SSSR count). The molecule has 1 amide bonds. The van der Waals surface area contributed by atoms with Gasteiger partial charge in [0.05, 0.1) is 6.10 Å². The van der Waals surface area contributed by atoms with Crippen molar-refractivity contribution in [2.75, 3.05) is 6.54 Å². The molecule has 2 N–H and O–H groups in total. The second-order valence-electron chi connectivity index (χ2n) is 5.95. The van der Waals surface area contributed by atoms with Crippen molar-refractivity contribution in [1.29, 1.82) is 0 Å². The van der Waals surface area contributed by atoms with Crippen molar-refractivity contribution in [3.8, 4) is 0 Å². The summed E-state index contributed by atoms with van der Waals surface area (Å²) in [5, 5.41) is 12.3. The van der Waals surface area contributed by atoms with Crippen LogP contribution in [0.2, 0.25) is 0 Å². The summed E-state index contributed by atoms with van der Waals surface area (Å²) in [5.41, 5.74) is 1.26. The van der Waals surface area contributed by atoms with Gasteiger partial charge in [0.2, 0.25) is 5.91 Å². The number of amides is 1. The lowest BCUT2D eigenvalue weighted by Crippen LogP contribution is -2.29. The average Bonchev–Trinajstić information content (AvgIpc) is 2.46. The van der Waals surface area contributed by atoms with Gasteiger partial charge < -0.3 is 10.4 Å². The summed E-state index contributed by atoms with van der Waals surface area (Å²) in [4.78, 5) is 11.8. The summed E-state index contributed by atoms with van der Waals surface area (Å²) < 4.78 is 0. The van der Waals surface area contributed by atoms with Gasteiger partial charge in [-0.05, 0) is 30.2 Å². The van der Waals surface area contributed by atoms with E-state index < -0.39 is 0 Å². The van der Waals surface area contributed by atoms with Gasteiger partial charge in [0.1, 0.15) is 0 Å². The van der Waals surface area contributed by atoms with E-state index in [1.807, 2.05) is 25.1 Å². The first-order valence-electron chi connectivity index (χ1n) is 7.46. The van der Waals surface area contributed by atoms with Crippen molar-refractivity contribution in [3.05, 3.63) is 35.9 Å². The van der Waals surface area contributed by atoms with Crippen LogP contribution in [0, 0.1) is 0 Å². The number of aliphatic hydroxyl groups excluding tert-OH is 1. The SMILES string of the molecule is CCC(O)CCNC(=O)CCC(C)(C)c1ccccc1. The summed E-state index contributed by atoms with van der Waals surface area (Å²) in [5.74, 6) is 0.0670. The molecule has 0 aliphatic heterocycles. The Morgan fingerprint density at radius 3 is 2.55 bits per heavy atom. The first-order valence-corrected chi connectivity index (χ1v) is 7.46. The average molecular weight is 277 g/mol. The molecule has 112 valence electrons. The Balaban J connectivity index is 2.33. The summed E-state index contributed by atoms with van der Waals surface area (Å²) in [6.07, 6.45) is 2.39. The molecule has 0 radical (unpaired) electrons. The second-order valence-corrected chi connectivity index (χ2v) is 5.95. The first kappa shape index (κ1) is 16.7. The minimum atomic E-state index is -0.309. The van der Waals surface area contributed by atoms with Crippen molar-refractivity contribution in [3.63, 3.8) is 0 Å². The van der Waals surface area contributed by atoms with Gasteiger partial charge in [-0.15, -0.1) is 0 Å². The second kappa shape index (κ2) is 8.05. The summed E-state index contributed by atoms with van der Waals surface area (Å²) in [6.45, 7) is 6.82. The highest BCUT2D eigenvalue weighted by Crippen LogP contribution is 2.27. The third-order valence-electron chi connectivity index (χ3n) is 3.80. The molecule has 0 aromatic heterocycles. The largest absolute Gasteiger partial charge is 0.393 e. The van der Waals surface area contributed by atoms with Crippen LogP contribution < -0.4 is 5.32 Å². The number of aliphatic hydroxyl groups is 1. The third kappa shape index (κ3) is 5.74. The quantitative estimate of drug-likeness (QED) is 0.767. The first-order chi connectivity index (χ1) is 9.45. The van der Waals surface area contributed by atoms with Crippen molar-refractivity contribution in [2.45, 2.75) is 58.0 Å². The summed E-state index contributed by atoms with van der Waals surface area (Å²) >= 11 is 0.